The second-order valence-electron chi connectivity index (χ2n) is 5.46. The number of hydrogen-bond donors (Lipinski definition) is 2. The van der Waals surface area contributed by atoms with Crippen LogP contribution in [0, 0.1) is 0 Å². The summed E-state index contributed by atoms with van der Waals surface area (Å²) in [6, 6.07) is 11.9. The van der Waals surface area contributed by atoms with Crippen LogP contribution in [0.25, 0.3) is 10.9 Å². The van der Waals surface area contributed by atoms with Crippen LogP contribution in [0.1, 0.15) is 0 Å². The molecule has 3 N–H and O–H groups in total. The summed E-state index contributed by atoms with van der Waals surface area (Å²) < 4.78 is 53.8. The molecule has 0 atom stereocenters. The van der Waals surface area contributed by atoms with Crippen molar-refractivity contribution in [1.29, 1.82) is 0 Å². The van der Waals surface area contributed by atoms with Gasteiger partial charge in [0.2, 0.25) is 10.0 Å². The van der Waals surface area contributed by atoms with Crippen LogP contribution in [0.2, 0.25) is 5.02 Å². The molecule has 0 fully saturated rings. The van der Waals surface area contributed by atoms with Crippen molar-refractivity contribution in [1.82, 2.24) is 8.69 Å². The molecule has 3 aromatic rings. The van der Waals surface area contributed by atoms with Gasteiger partial charge in [0, 0.05) is 24.7 Å². The van der Waals surface area contributed by atoms with Gasteiger partial charge in [0.1, 0.15) is 0 Å². The van der Waals surface area contributed by atoms with Crippen LogP contribution in [0.15, 0.2) is 64.5 Å². The van der Waals surface area contributed by atoms with E-state index in [-0.39, 0.29) is 33.4 Å². The molecule has 0 saturated heterocycles. The lowest BCUT2D eigenvalue weighted by atomic mass is 10.2. The first-order chi connectivity index (χ1) is 12.3. The number of nitrogens with two attached hydrogens (primary N) is 1. The SMILES string of the molecule is NCCNS(=O)(=O)c1ccc2c(Cl)cn(S(=O)(=O)c3ccccc3)c2c1. The van der Waals surface area contributed by atoms with Gasteiger partial charge in [-0.2, -0.15) is 0 Å². The normalized spacial score (nSPS) is 12.5. The van der Waals surface area contributed by atoms with Gasteiger partial charge < -0.3 is 5.73 Å². The van der Waals surface area contributed by atoms with E-state index < -0.39 is 20.0 Å². The molecule has 26 heavy (non-hydrogen) atoms. The highest BCUT2D eigenvalue weighted by Gasteiger charge is 2.22. The molecular weight excluding hydrogens is 398 g/mol. The molecule has 1 heterocycles. The van der Waals surface area contributed by atoms with Gasteiger partial charge in [0.15, 0.2) is 0 Å². The number of fused-ring (bicyclic) bond motifs is 1. The van der Waals surface area contributed by atoms with Gasteiger partial charge in [-0.25, -0.2) is 25.5 Å². The molecule has 138 valence electrons. The van der Waals surface area contributed by atoms with Gasteiger partial charge in [-0.05, 0) is 30.3 Å². The van der Waals surface area contributed by atoms with E-state index in [1.807, 2.05) is 0 Å². The predicted octanol–water partition coefficient (Wildman–Crippen LogP) is 1.77. The van der Waals surface area contributed by atoms with E-state index in [4.69, 9.17) is 17.3 Å². The second kappa shape index (κ2) is 7.01. The number of aromatic nitrogens is 1. The Morgan fingerprint density at radius 2 is 1.69 bits per heavy atom. The van der Waals surface area contributed by atoms with Gasteiger partial charge >= 0.3 is 0 Å². The molecule has 7 nitrogen and oxygen atoms in total. The van der Waals surface area contributed by atoms with E-state index in [9.17, 15) is 16.8 Å². The van der Waals surface area contributed by atoms with Gasteiger partial charge in [-0.15, -0.1) is 0 Å². The Kier molecular flexibility index (Phi) is 5.09. The lowest BCUT2D eigenvalue weighted by Gasteiger charge is -2.09. The van der Waals surface area contributed by atoms with Crippen molar-refractivity contribution in [2.75, 3.05) is 13.1 Å². The topological polar surface area (TPSA) is 111 Å². The van der Waals surface area contributed by atoms with Crippen molar-refractivity contribution in [2.24, 2.45) is 5.73 Å². The number of halogens is 1. The van der Waals surface area contributed by atoms with Crippen molar-refractivity contribution >= 4 is 42.6 Å². The Hall–Kier alpha value is -1.91. The maximum absolute atomic E-state index is 12.9. The fourth-order valence-corrected chi connectivity index (χ4v) is 5.25. The molecule has 3 rings (SSSR count). The first kappa shape index (κ1) is 18.9. The summed E-state index contributed by atoms with van der Waals surface area (Å²) in [5.74, 6) is 0. The van der Waals surface area contributed by atoms with Crippen molar-refractivity contribution in [3.05, 3.63) is 59.8 Å². The number of nitrogens with zero attached hydrogens (tertiary/aromatic N) is 1. The van der Waals surface area contributed by atoms with Gasteiger partial charge in [0.25, 0.3) is 10.0 Å². The second-order valence-corrected chi connectivity index (χ2v) is 9.45. The molecule has 1 aromatic heterocycles. The molecule has 0 amide bonds. The molecule has 0 radical (unpaired) electrons. The lowest BCUT2D eigenvalue weighted by Crippen LogP contribution is -2.29. The van der Waals surface area contributed by atoms with E-state index in [0.717, 1.165) is 3.97 Å². The quantitative estimate of drug-likeness (QED) is 0.639. The summed E-state index contributed by atoms with van der Waals surface area (Å²) in [5, 5.41) is 0.641. The minimum absolute atomic E-state index is 0.0715. The van der Waals surface area contributed by atoms with Crippen molar-refractivity contribution < 1.29 is 16.8 Å². The summed E-state index contributed by atoms with van der Waals surface area (Å²) in [7, 11) is -7.74. The van der Waals surface area contributed by atoms with E-state index in [0.29, 0.717) is 5.39 Å². The van der Waals surface area contributed by atoms with E-state index >= 15 is 0 Å². The zero-order valence-corrected chi connectivity index (χ0v) is 15.9. The summed E-state index contributed by atoms with van der Waals surface area (Å²) in [6.07, 6.45) is 1.26. The third-order valence-electron chi connectivity index (χ3n) is 3.74. The largest absolute Gasteiger partial charge is 0.329 e. The molecular formula is C16H16ClN3O4S2. The van der Waals surface area contributed by atoms with Crippen LogP contribution in [0.5, 0.6) is 0 Å². The van der Waals surface area contributed by atoms with Gasteiger partial charge in [0.05, 0.1) is 20.3 Å². The number of nitrogens with one attached hydrogen (secondary N) is 1. The number of hydrogen-bond acceptors (Lipinski definition) is 5. The maximum atomic E-state index is 12.9. The third-order valence-corrected chi connectivity index (χ3v) is 7.19. The van der Waals surface area contributed by atoms with Crippen LogP contribution in [-0.2, 0) is 20.0 Å². The monoisotopic (exact) mass is 413 g/mol. The zero-order chi connectivity index (χ0) is 18.9. The molecule has 2 aromatic carbocycles. The highest BCUT2D eigenvalue weighted by molar-refractivity contribution is 7.90. The molecule has 10 heteroatoms. The Balaban J connectivity index is 2.21. The summed E-state index contributed by atoms with van der Waals surface area (Å²) in [5.41, 5.74) is 5.50. The standard InChI is InChI=1S/C16H16ClN3O4S2/c17-15-11-20(26(23,24)12-4-2-1-3-5-12)16-10-13(6-7-14(15)16)25(21,22)19-9-8-18/h1-7,10-11,19H,8-9,18H2. The van der Waals surface area contributed by atoms with Crippen LogP contribution >= 0.6 is 11.6 Å². The number of benzene rings is 2. The molecule has 0 spiro atoms. The first-order valence-corrected chi connectivity index (χ1v) is 10.9. The van der Waals surface area contributed by atoms with Crippen LogP contribution in [0.3, 0.4) is 0 Å². The predicted molar refractivity (Wildman–Crippen MR) is 100 cm³/mol. The van der Waals surface area contributed by atoms with Crippen molar-refractivity contribution in [3.8, 4) is 0 Å². The summed E-state index contributed by atoms with van der Waals surface area (Å²) >= 11 is 6.15. The van der Waals surface area contributed by atoms with Crippen LogP contribution in [-0.4, -0.2) is 33.9 Å². The molecule has 0 aliphatic heterocycles. The van der Waals surface area contributed by atoms with Gasteiger partial charge in [-0.3, -0.25) is 0 Å². The maximum Gasteiger partial charge on any atom is 0.268 e. The molecule has 0 aliphatic carbocycles. The Morgan fingerprint density at radius 1 is 1.00 bits per heavy atom. The Labute approximate surface area is 156 Å². The van der Waals surface area contributed by atoms with Crippen molar-refractivity contribution in [2.45, 2.75) is 9.79 Å². The minimum Gasteiger partial charge on any atom is -0.329 e. The van der Waals surface area contributed by atoms with Gasteiger partial charge in [-0.1, -0.05) is 29.8 Å². The zero-order valence-electron chi connectivity index (χ0n) is 13.5. The van der Waals surface area contributed by atoms with Crippen LogP contribution < -0.4 is 10.5 Å². The lowest BCUT2D eigenvalue weighted by molar-refractivity contribution is 0.581. The first-order valence-electron chi connectivity index (χ1n) is 7.58. The Bertz CT molecular complexity index is 1160. The molecule has 0 unspecified atom stereocenters. The van der Waals surface area contributed by atoms with Crippen LogP contribution in [0.4, 0.5) is 0 Å². The highest BCUT2D eigenvalue weighted by Crippen LogP contribution is 2.31. The average molecular weight is 414 g/mol. The minimum atomic E-state index is -3.93. The van der Waals surface area contributed by atoms with Crippen molar-refractivity contribution in [3.63, 3.8) is 0 Å². The fraction of sp³-hybridized carbons (Fsp3) is 0.125. The number of sulfonamides is 1. The van der Waals surface area contributed by atoms with E-state index in [1.54, 1.807) is 18.2 Å². The van der Waals surface area contributed by atoms with E-state index in [2.05, 4.69) is 4.72 Å². The molecule has 0 aliphatic rings. The fourth-order valence-electron chi connectivity index (χ4n) is 2.49. The third kappa shape index (κ3) is 3.36. The summed E-state index contributed by atoms with van der Waals surface area (Å²) in [6.45, 7) is 0.219. The van der Waals surface area contributed by atoms with E-state index in [1.165, 1.54) is 36.5 Å². The molecule has 0 saturated carbocycles. The average Bonchev–Trinajstić information content (AvgIpc) is 2.98. The highest BCUT2D eigenvalue weighted by atomic mass is 35.5. The Morgan fingerprint density at radius 3 is 2.35 bits per heavy atom. The summed E-state index contributed by atoms with van der Waals surface area (Å²) in [4.78, 5) is 0.000752. The molecule has 0 bridgehead atoms. The number of rotatable bonds is 6. The smallest absolute Gasteiger partial charge is 0.268 e.